The molecule has 1 rings (SSSR count). The molecule has 2 heteroatoms. The molecule has 0 aromatic carbocycles. The Balaban J connectivity index is 2.72. The van der Waals surface area contributed by atoms with Gasteiger partial charge in [-0.05, 0) is 38.5 Å². The van der Waals surface area contributed by atoms with Gasteiger partial charge in [0, 0.05) is 31.2 Å². The Morgan fingerprint density at radius 2 is 1.59 bits per heavy atom. The van der Waals surface area contributed by atoms with Gasteiger partial charge in [-0.2, -0.15) is 0 Å². The second-order valence-corrected chi connectivity index (χ2v) is 7.10. The van der Waals surface area contributed by atoms with E-state index in [0.717, 1.165) is 31.0 Å². The molecule has 1 saturated heterocycles. The molecule has 0 spiro atoms. The predicted molar refractivity (Wildman–Crippen MR) is 76.4 cm³/mol. The fourth-order valence-corrected chi connectivity index (χ4v) is 3.11. The Morgan fingerprint density at radius 1 is 1.06 bits per heavy atom. The molecule has 1 aliphatic rings. The van der Waals surface area contributed by atoms with E-state index in [4.69, 9.17) is 0 Å². The predicted octanol–water partition coefficient (Wildman–Crippen LogP) is 3.13. The molecule has 0 aromatic heterocycles. The smallest absolute Gasteiger partial charge is 0.0281 e. The molecule has 1 heterocycles. The number of rotatable bonds is 5. The highest BCUT2D eigenvalue weighted by atomic mass is 15.3. The van der Waals surface area contributed by atoms with Crippen molar-refractivity contribution >= 4 is 0 Å². The lowest BCUT2D eigenvalue weighted by Gasteiger charge is -2.48. The van der Waals surface area contributed by atoms with Crippen molar-refractivity contribution in [2.45, 2.75) is 66.0 Å². The van der Waals surface area contributed by atoms with Crippen LogP contribution in [0.15, 0.2) is 0 Å². The van der Waals surface area contributed by atoms with Gasteiger partial charge in [0.1, 0.15) is 0 Å². The van der Waals surface area contributed by atoms with Gasteiger partial charge in [0.15, 0.2) is 0 Å². The fraction of sp³-hybridized carbons (Fsp3) is 1.00. The van der Waals surface area contributed by atoms with E-state index in [9.17, 15) is 0 Å². The van der Waals surface area contributed by atoms with Gasteiger partial charge in [0.2, 0.25) is 0 Å². The first-order valence-electron chi connectivity index (χ1n) is 7.30. The van der Waals surface area contributed by atoms with Crippen molar-refractivity contribution < 1.29 is 0 Å². The molecular formula is C15H32N2. The van der Waals surface area contributed by atoms with Gasteiger partial charge in [-0.15, -0.1) is 0 Å². The third-order valence-electron chi connectivity index (χ3n) is 3.79. The SMILES string of the molecule is CC(C)CC(CC(C)C)N1CCNCC1(C)C. The Kier molecular flexibility index (Phi) is 5.46. The van der Waals surface area contributed by atoms with Crippen LogP contribution in [0.4, 0.5) is 0 Å². The second kappa shape index (κ2) is 6.19. The van der Waals surface area contributed by atoms with E-state index in [-0.39, 0.29) is 0 Å². The molecule has 0 radical (unpaired) electrons. The molecule has 17 heavy (non-hydrogen) atoms. The Labute approximate surface area is 108 Å². The lowest BCUT2D eigenvalue weighted by molar-refractivity contribution is 0.0268. The van der Waals surface area contributed by atoms with Crippen LogP contribution in [0.2, 0.25) is 0 Å². The van der Waals surface area contributed by atoms with Crippen LogP contribution in [0.5, 0.6) is 0 Å². The van der Waals surface area contributed by atoms with Crippen molar-refractivity contribution in [3.63, 3.8) is 0 Å². The molecule has 102 valence electrons. The number of hydrogen-bond donors (Lipinski definition) is 1. The zero-order chi connectivity index (χ0) is 13.1. The Morgan fingerprint density at radius 3 is 2.00 bits per heavy atom. The molecule has 2 nitrogen and oxygen atoms in total. The van der Waals surface area contributed by atoms with Gasteiger partial charge < -0.3 is 5.32 Å². The van der Waals surface area contributed by atoms with Crippen molar-refractivity contribution in [3.8, 4) is 0 Å². The third-order valence-corrected chi connectivity index (χ3v) is 3.79. The molecule has 0 atom stereocenters. The number of nitrogens with one attached hydrogen (secondary N) is 1. The van der Waals surface area contributed by atoms with Crippen molar-refractivity contribution in [3.05, 3.63) is 0 Å². The number of hydrogen-bond acceptors (Lipinski definition) is 2. The maximum absolute atomic E-state index is 3.52. The molecule has 0 amide bonds. The average molecular weight is 240 g/mol. The minimum atomic E-state index is 0.312. The third kappa shape index (κ3) is 4.59. The summed E-state index contributed by atoms with van der Waals surface area (Å²) in [6, 6.07) is 0.757. The lowest BCUT2D eigenvalue weighted by atomic mass is 9.89. The van der Waals surface area contributed by atoms with E-state index < -0.39 is 0 Å². The first-order chi connectivity index (χ1) is 7.83. The maximum atomic E-state index is 3.52. The maximum Gasteiger partial charge on any atom is 0.0281 e. The van der Waals surface area contributed by atoms with Crippen LogP contribution >= 0.6 is 0 Å². The molecular weight excluding hydrogens is 208 g/mol. The highest BCUT2D eigenvalue weighted by Gasteiger charge is 2.34. The first kappa shape index (κ1) is 15.0. The first-order valence-corrected chi connectivity index (χ1v) is 7.30. The van der Waals surface area contributed by atoms with Gasteiger partial charge in [-0.25, -0.2) is 0 Å². The van der Waals surface area contributed by atoms with Crippen LogP contribution < -0.4 is 5.32 Å². The van der Waals surface area contributed by atoms with Crippen molar-refractivity contribution in [2.24, 2.45) is 11.8 Å². The van der Waals surface area contributed by atoms with E-state index >= 15 is 0 Å². The summed E-state index contributed by atoms with van der Waals surface area (Å²) in [5.41, 5.74) is 0.312. The van der Waals surface area contributed by atoms with Gasteiger partial charge in [0.25, 0.3) is 0 Å². The van der Waals surface area contributed by atoms with E-state index in [1.54, 1.807) is 0 Å². The summed E-state index contributed by atoms with van der Waals surface area (Å²) >= 11 is 0. The van der Waals surface area contributed by atoms with Crippen LogP contribution in [-0.4, -0.2) is 36.1 Å². The van der Waals surface area contributed by atoms with Crippen molar-refractivity contribution in [2.75, 3.05) is 19.6 Å². The zero-order valence-electron chi connectivity index (χ0n) is 12.7. The highest BCUT2D eigenvalue weighted by Crippen LogP contribution is 2.27. The Hall–Kier alpha value is -0.0800. The van der Waals surface area contributed by atoms with Crippen molar-refractivity contribution in [1.29, 1.82) is 0 Å². The molecule has 1 N–H and O–H groups in total. The molecule has 1 aliphatic heterocycles. The molecule has 0 aromatic rings. The minimum Gasteiger partial charge on any atom is -0.314 e. The summed E-state index contributed by atoms with van der Waals surface area (Å²) in [4.78, 5) is 2.75. The normalized spacial score (nSPS) is 21.7. The largest absolute Gasteiger partial charge is 0.314 e. The van der Waals surface area contributed by atoms with Gasteiger partial charge in [-0.3, -0.25) is 4.90 Å². The molecule has 0 aliphatic carbocycles. The van der Waals surface area contributed by atoms with Crippen LogP contribution in [-0.2, 0) is 0 Å². The molecule has 0 unspecified atom stereocenters. The summed E-state index contributed by atoms with van der Waals surface area (Å²) in [6.07, 6.45) is 2.67. The highest BCUT2D eigenvalue weighted by molar-refractivity contribution is 4.92. The summed E-state index contributed by atoms with van der Waals surface area (Å²) in [6.45, 7) is 17.6. The lowest BCUT2D eigenvalue weighted by Crippen LogP contribution is -2.61. The summed E-state index contributed by atoms with van der Waals surface area (Å²) in [7, 11) is 0. The molecule has 0 saturated carbocycles. The fourth-order valence-electron chi connectivity index (χ4n) is 3.11. The minimum absolute atomic E-state index is 0.312. The van der Waals surface area contributed by atoms with Gasteiger partial charge in [0.05, 0.1) is 0 Å². The molecule has 1 fully saturated rings. The summed E-state index contributed by atoms with van der Waals surface area (Å²) < 4.78 is 0. The Bertz CT molecular complexity index is 211. The zero-order valence-corrected chi connectivity index (χ0v) is 12.7. The van der Waals surface area contributed by atoms with E-state index in [0.29, 0.717) is 5.54 Å². The summed E-state index contributed by atoms with van der Waals surface area (Å²) in [5, 5.41) is 3.52. The summed E-state index contributed by atoms with van der Waals surface area (Å²) in [5.74, 6) is 1.59. The van der Waals surface area contributed by atoms with E-state index in [1.165, 1.54) is 19.4 Å². The monoisotopic (exact) mass is 240 g/mol. The van der Waals surface area contributed by atoms with E-state index in [1.807, 2.05) is 0 Å². The average Bonchev–Trinajstić information content (AvgIpc) is 2.14. The number of nitrogens with zero attached hydrogens (tertiary/aromatic N) is 1. The van der Waals surface area contributed by atoms with Gasteiger partial charge >= 0.3 is 0 Å². The van der Waals surface area contributed by atoms with Crippen LogP contribution in [0.3, 0.4) is 0 Å². The number of piperazine rings is 1. The van der Waals surface area contributed by atoms with Gasteiger partial charge in [-0.1, -0.05) is 27.7 Å². The van der Waals surface area contributed by atoms with Crippen molar-refractivity contribution in [1.82, 2.24) is 10.2 Å². The van der Waals surface area contributed by atoms with Crippen LogP contribution in [0.1, 0.15) is 54.4 Å². The standard InChI is InChI=1S/C15H32N2/c1-12(2)9-14(10-13(3)4)17-8-7-16-11-15(17,5)6/h12-14,16H,7-11H2,1-6H3. The van der Waals surface area contributed by atoms with E-state index in [2.05, 4.69) is 51.8 Å². The van der Waals surface area contributed by atoms with Crippen LogP contribution in [0, 0.1) is 11.8 Å². The second-order valence-electron chi connectivity index (χ2n) is 7.10. The quantitative estimate of drug-likeness (QED) is 0.794. The molecule has 0 bridgehead atoms. The van der Waals surface area contributed by atoms with Crippen LogP contribution in [0.25, 0.3) is 0 Å². The topological polar surface area (TPSA) is 15.3 Å².